The average molecular weight is 282 g/mol. The molecule has 1 N–H and O–H groups in total. The van der Waals surface area contributed by atoms with Crippen molar-refractivity contribution < 1.29 is 14.6 Å². The van der Waals surface area contributed by atoms with Gasteiger partial charge in [0.05, 0.1) is 18.8 Å². The lowest BCUT2D eigenvalue weighted by Gasteiger charge is -2.43. The summed E-state index contributed by atoms with van der Waals surface area (Å²) in [5, 5.41) is 10.7. The van der Waals surface area contributed by atoms with E-state index in [2.05, 4.69) is 12.1 Å². The number of aliphatic hydroxyl groups excluding tert-OH is 1. The number of benzene rings is 2. The molecule has 2 bridgehead atoms. The van der Waals surface area contributed by atoms with E-state index in [1.54, 1.807) is 0 Å². The fourth-order valence-electron chi connectivity index (χ4n) is 3.35. The minimum absolute atomic E-state index is 0.0786. The molecular formula is C18H18O3. The standard InChI is InChI=1S/C18H18O3/c19-17(12-6-2-1-3-7-12)15-11-20-16-10-13-8-4-5-9-14(13)18(15)21-16/h1-9,15-19H,10-11H2/t15-,16-,17+,18+/m1/s1. The fraction of sp³-hybridized carbons (Fsp3) is 0.333. The summed E-state index contributed by atoms with van der Waals surface area (Å²) in [6.45, 7) is 0.528. The number of rotatable bonds is 2. The van der Waals surface area contributed by atoms with Gasteiger partial charge in [0.2, 0.25) is 0 Å². The maximum Gasteiger partial charge on any atom is 0.162 e. The molecule has 2 aliphatic rings. The third-order valence-corrected chi connectivity index (χ3v) is 4.46. The predicted molar refractivity (Wildman–Crippen MR) is 78.6 cm³/mol. The Morgan fingerprint density at radius 1 is 1.00 bits per heavy atom. The molecule has 1 saturated heterocycles. The van der Waals surface area contributed by atoms with Crippen LogP contribution in [-0.4, -0.2) is 18.0 Å². The Bertz CT molecular complexity index is 625. The van der Waals surface area contributed by atoms with E-state index >= 15 is 0 Å². The van der Waals surface area contributed by atoms with Gasteiger partial charge in [-0.2, -0.15) is 0 Å². The van der Waals surface area contributed by atoms with Gasteiger partial charge < -0.3 is 14.6 Å². The zero-order valence-electron chi connectivity index (χ0n) is 11.7. The van der Waals surface area contributed by atoms with Crippen molar-refractivity contribution in [1.29, 1.82) is 0 Å². The summed E-state index contributed by atoms with van der Waals surface area (Å²) in [6.07, 6.45) is -0.0581. The first-order chi connectivity index (χ1) is 10.3. The van der Waals surface area contributed by atoms with Gasteiger partial charge in [0, 0.05) is 12.3 Å². The Labute approximate surface area is 124 Å². The molecular weight excluding hydrogens is 264 g/mol. The summed E-state index contributed by atoms with van der Waals surface area (Å²) in [4.78, 5) is 0. The molecule has 2 aromatic rings. The van der Waals surface area contributed by atoms with Gasteiger partial charge in [0.15, 0.2) is 6.29 Å². The van der Waals surface area contributed by atoms with Crippen molar-refractivity contribution in [3.63, 3.8) is 0 Å². The van der Waals surface area contributed by atoms with E-state index < -0.39 is 6.10 Å². The first-order valence-electron chi connectivity index (χ1n) is 7.41. The molecule has 1 fully saturated rings. The highest BCUT2D eigenvalue weighted by molar-refractivity contribution is 5.33. The number of hydrogen-bond acceptors (Lipinski definition) is 3. The van der Waals surface area contributed by atoms with E-state index in [9.17, 15) is 5.11 Å². The summed E-state index contributed by atoms with van der Waals surface area (Å²) in [6, 6.07) is 18.0. The van der Waals surface area contributed by atoms with Crippen LogP contribution in [0.2, 0.25) is 0 Å². The number of hydrogen-bond donors (Lipinski definition) is 1. The molecule has 2 heterocycles. The topological polar surface area (TPSA) is 38.7 Å². The lowest BCUT2D eigenvalue weighted by molar-refractivity contribution is -0.259. The summed E-state index contributed by atoms with van der Waals surface area (Å²) < 4.78 is 11.8. The molecule has 3 nitrogen and oxygen atoms in total. The molecule has 0 unspecified atom stereocenters. The van der Waals surface area contributed by atoms with Crippen molar-refractivity contribution in [3.8, 4) is 0 Å². The summed E-state index contributed by atoms with van der Waals surface area (Å²) in [7, 11) is 0. The molecule has 0 radical (unpaired) electrons. The second kappa shape index (κ2) is 5.26. The van der Waals surface area contributed by atoms with Gasteiger partial charge >= 0.3 is 0 Å². The van der Waals surface area contributed by atoms with Crippen LogP contribution in [0.25, 0.3) is 0 Å². The van der Waals surface area contributed by atoms with Crippen LogP contribution in [0, 0.1) is 5.92 Å². The van der Waals surface area contributed by atoms with Gasteiger partial charge in [-0.1, -0.05) is 54.6 Å². The normalized spacial score (nSPS) is 28.7. The summed E-state index contributed by atoms with van der Waals surface area (Å²) in [5.41, 5.74) is 3.37. The lowest BCUT2D eigenvalue weighted by Crippen LogP contribution is -2.42. The van der Waals surface area contributed by atoms with Crippen molar-refractivity contribution in [2.24, 2.45) is 5.92 Å². The van der Waals surface area contributed by atoms with Crippen LogP contribution in [0.3, 0.4) is 0 Å². The number of fused-ring (bicyclic) bond motifs is 4. The van der Waals surface area contributed by atoms with Gasteiger partial charge in [-0.15, -0.1) is 0 Å². The molecule has 2 aromatic carbocycles. The Morgan fingerprint density at radius 2 is 1.76 bits per heavy atom. The van der Waals surface area contributed by atoms with Crippen LogP contribution in [0.5, 0.6) is 0 Å². The van der Waals surface area contributed by atoms with Gasteiger partial charge in [-0.25, -0.2) is 0 Å². The van der Waals surface area contributed by atoms with Crippen LogP contribution in [-0.2, 0) is 15.9 Å². The van der Waals surface area contributed by atoms with Crippen molar-refractivity contribution >= 4 is 0 Å². The van der Waals surface area contributed by atoms with E-state index in [1.165, 1.54) is 11.1 Å². The molecule has 3 heteroatoms. The van der Waals surface area contributed by atoms with Gasteiger partial charge in [-0.3, -0.25) is 0 Å². The van der Waals surface area contributed by atoms with E-state index in [4.69, 9.17) is 9.47 Å². The van der Waals surface area contributed by atoms with E-state index in [1.807, 2.05) is 42.5 Å². The minimum atomic E-state index is -0.580. The van der Waals surface area contributed by atoms with Crippen LogP contribution >= 0.6 is 0 Å². The second-order valence-electron chi connectivity index (χ2n) is 5.74. The zero-order chi connectivity index (χ0) is 14.2. The third-order valence-electron chi connectivity index (χ3n) is 4.46. The molecule has 2 aliphatic heterocycles. The Morgan fingerprint density at radius 3 is 2.62 bits per heavy atom. The van der Waals surface area contributed by atoms with Crippen molar-refractivity contribution in [3.05, 3.63) is 71.3 Å². The number of aliphatic hydroxyl groups is 1. The number of ether oxygens (including phenoxy) is 2. The molecule has 0 aromatic heterocycles. The molecule has 21 heavy (non-hydrogen) atoms. The van der Waals surface area contributed by atoms with Crippen LogP contribution in [0.15, 0.2) is 54.6 Å². The maximum absolute atomic E-state index is 10.7. The molecule has 4 rings (SSSR count). The molecule has 0 saturated carbocycles. The van der Waals surface area contributed by atoms with Gasteiger partial charge in [0.1, 0.15) is 0 Å². The summed E-state index contributed by atoms with van der Waals surface area (Å²) >= 11 is 0. The SMILES string of the molecule is O[C@@H](c1ccccc1)[C@H]1CO[C@H]2Cc3ccccc3[C@@H]1O2. The average Bonchev–Trinajstić information content (AvgIpc) is 2.55. The Balaban J connectivity index is 1.69. The largest absolute Gasteiger partial charge is 0.388 e. The predicted octanol–water partition coefficient (Wildman–Crippen LogP) is 3.01. The van der Waals surface area contributed by atoms with Crippen molar-refractivity contribution in [2.45, 2.75) is 24.9 Å². The smallest absolute Gasteiger partial charge is 0.162 e. The monoisotopic (exact) mass is 282 g/mol. The van der Waals surface area contributed by atoms with Crippen LogP contribution in [0.1, 0.15) is 28.9 Å². The van der Waals surface area contributed by atoms with Crippen molar-refractivity contribution in [1.82, 2.24) is 0 Å². The highest BCUT2D eigenvalue weighted by Gasteiger charge is 2.41. The van der Waals surface area contributed by atoms with E-state index in [0.717, 1.165) is 12.0 Å². The van der Waals surface area contributed by atoms with Crippen LogP contribution in [0.4, 0.5) is 0 Å². The molecule has 0 spiro atoms. The third kappa shape index (κ3) is 2.27. The van der Waals surface area contributed by atoms with Gasteiger partial charge in [0.25, 0.3) is 0 Å². The fourth-order valence-corrected chi connectivity index (χ4v) is 3.35. The zero-order valence-corrected chi connectivity index (χ0v) is 11.7. The highest BCUT2D eigenvalue weighted by atomic mass is 16.7. The van der Waals surface area contributed by atoms with Crippen LogP contribution < -0.4 is 0 Å². The minimum Gasteiger partial charge on any atom is -0.388 e. The highest BCUT2D eigenvalue weighted by Crippen LogP contribution is 2.44. The van der Waals surface area contributed by atoms with E-state index in [0.29, 0.717) is 6.61 Å². The first-order valence-corrected chi connectivity index (χ1v) is 7.41. The molecule has 108 valence electrons. The Kier molecular flexibility index (Phi) is 3.26. The lowest BCUT2D eigenvalue weighted by atomic mass is 9.83. The quantitative estimate of drug-likeness (QED) is 0.920. The van der Waals surface area contributed by atoms with Crippen molar-refractivity contribution in [2.75, 3.05) is 6.61 Å². The van der Waals surface area contributed by atoms with E-state index in [-0.39, 0.29) is 18.3 Å². The summed E-state index contributed by atoms with van der Waals surface area (Å²) in [5.74, 6) is -0.0786. The van der Waals surface area contributed by atoms with Gasteiger partial charge in [-0.05, 0) is 16.7 Å². The first kappa shape index (κ1) is 13.0. The second-order valence-corrected chi connectivity index (χ2v) is 5.74. The molecule has 0 aliphatic carbocycles. The molecule has 0 amide bonds. The maximum atomic E-state index is 10.7. The molecule has 4 atom stereocenters. The Hall–Kier alpha value is -1.68.